The fourth-order valence-electron chi connectivity index (χ4n) is 0.954. The smallest absolute Gasteiger partial charge is 0.161 e. The minimum absolute atomic E-state index is 0.133. The second kappa shape index (κ2) is 3.43. The molecule has 0 saturated carbocycles. The number of nitrogens with zero attached hydrogens (tertiary/aromatic N) is 1. The fourth-order valence-corrected chi connectivity index (χ4v) is 0.954. The number of nitroso groups, excluding NO2 is 1. The van der Waals surface area contributed by atoms with Crippen molar-refractivity contribution in [3.63, 3.8) is 0 Å². The summed E-state index contributed by atoms with van der Waals surface area (Å²) >= 11 is 0. The van der Waals surface area contributed by atoms with Crippen LogP contribution >= 0.6 is 0 Å². The Balaban J connectivity index is 3.41. The highest BCUT2D eigenvalue weighted by atomic mass is 19.2. The molecule has 0 fully saturated rings. The molecule has 0 aliphatic rings. The first-order chi connectivity index (χ1) is 6.06. The molecular weight excluding hydrogens is 176 g/mol. The lowest BCUT2D eigenvalue weighted by Crippen LogP contribution is -1.87. The second-order valence-electron chi connectivity index (χ2n) is 2.66. The van der Waals surface area contributed by atoms with E-state index in [9.17, 15) is 13.7 Å². The summed E-state index contributed by atoms with van der Waals surface area (Å²) in [6.45, 7) is 5.10. The third-order valence-corrected chi connectivity index (χ3v) is 1.60. The van der Waals surface area contributed by atoms with Gasteiger partial charge in [0.05, 0.1) is 0 Å². The normalized spacial score (nSPS) is 9.77. The van der Waals surface area contributed by atoms with Gasteiger partial charge in [0.2, 0.25) is 0 Å². The molecule has 0 saturated heterocycles. The van der Waals surface area contributed by atoms with Crippen molar-refractivity contribution in [1.29, 1.82) is 0 Å². The van der Waals surface area contributed by atoms with Crippen LogP contribution in [0.15, 0.2) is 23.9 Å². The standard InChI is InChI=1S/C9H7F2NO/c1-5(2)6-3-7(10)8(11)4-9(6)12-13/h3-4H,1H2,2H3. The third kappa shape index (κ3) is 1.77. The Morgan fingerprint density at radius 2 is 1.92 bits per heavy atom. The van der Waals surface area contributed by atoms with Crippen LogP contribution in [0.5, 0.6) is 0 Å². The van der Waals surface area contributed by atoms with Gasteiger partial charge in [0.15, 0.2) is 11.6 Å². The maximum atomic E-state index is 12.7. The zero-order valence-electron chi connectivity index (χ0n) is 6.97. The predicted octanol–water partition coefficient (Wildman–Crippen LogP) is 3.40. The molecule has 0 atom stereocenters. The van der Waals surface area contributed by atoms with Crippen molar-refractivity contribution < 1.29 is 8.78 Å². The van der Waals surface area contributed by atoms with Gasteiger partial charge in [0.1, 0.15) is 5.69 Å². The Bertz CT molecular complexity index is 374. The quantitative estimate of drug-likeness (QED) is 0.646. The molecule has 68 valence electrons. The summed E-state index contributed by atoms with van der Waals surface area (Å²) in [6, 6.07) is 1.67. The Hall–Kier alpha value is -1.58. The lowest BCUT2D eigenvalue weighted by molar-refractivity contribution is 0.508. The topological polar surface area (TPSA) is 29.4 Å². The molecule has 0 aliphatic carbocycles. The molecule has 1 aromatic carbocycles. The zero-order valence-corrected chi connectivity index (χ0v) is 6.97. The van der Waals surface area contributed by atoms with Gasteiger partial charge in [0.25, 0.3) is 0 Å². The lowest BCUT2D eigenvalue weighted by atomic mass is 10.1. The second-order valence-corrected chi connectivity index (χ2v) is 2.66. The number of benzene rings is 1. The molecule has 0 spiro atoms. The van der Waals surface area contributed by atoms with Crippen LogP contribution < -0.4 is 0 Å². The van der Waals surface area contributed by atoms with Gasteiger partial charge in [-0.05, 0) is 23.7 Å². The van der Waals surface area contributed by atoms with Crippen LogP contribution in [-0.2, 0) is 0 Å². The molecule has 0 N–H and O–H groups in total. The van der Waals surface area contributed by atoms with Crippen molar-refractivity contribution in [3.8, 4) is 0 Å². The summed E-state index contributed by atoms with van der Waals surface area (Å²) in [5, 5.41) is 2.58. The van der Waals surface area contributed by atoms with Gasteiger partial charge < -0.3 is 0 Å². The first-order valence-electron chi connectivity index (χ1n) is 3.54. The average Bonchev–Trinajstić information content (AvgIpc) is 2.08. The van der Waals surface area contributed by atoms with E-state index in [1.165, 1.54) is 0 Å². The van der Waals surface area contributed by atoms with Crippen LogP contribution in [-0.4, -0.2) is 0 Å². The third-order valence-electron chi connectivity index (χ3n) is 1.60. The van der Waals surface area contributed by atoms with Gasteiger partial charge in [-0.25, -0.2) is 8.78 Å². The first kappa shape index (κ1) is 9.51. The van der Waals surface area contributed by atoms with Crippen LogP contribution in [0.4, 0.5) is 14.5 Å². The molecule has 0 radical (unpaired) electrons. The van der Waals surface area contributed by atoms with Gasteiger partial charge in [-0.3, -0.25) is 0 Å². The van der Waals surface area contributed by atoms with Gasteiger partial charge in [-0.15, -0.1) is 4.91 Å². The number of allylic oxidation sites excluding steroid dienone is 1. The SMILES string of the molecule is C=C(C)c1cc(F)c(F)cc1N=O. The van der Waals surface area contributed by atoms with Crippen molar-refractivity contribution in [1.82, 2.24) is 0 Å². The van der Waals surface area contributed by atoms with Crippen LogP contribution in [0.25, 0.3) is 5.57 Å². The molecular formula is C9H7F2NO. The van der Waals surface area contributed by atoms with Crippen molar-refractivity contribution >= 4 is 11.3 Å². The van der Waals surface area contributed by atoms with Crippen molar-refractivity contribution in [2.75, 3.05) is 0 Å². The Morgan fingerprint density at radius 3 is 2.38 bits per heavy atom. The highest BCUT2D eigenvalue weighted by molar-refractivity contribution is 5.71. The number of rotatable bonds is 2. The van der Waals surface area contributed by atoms with Crippen LogP contribution in [0.1, 0.15) is 12.5 Å². The van der Waals surface area contributed by atoms with E-state index in [1.54, 1.807) is 6.92 Å². The lowest BCUT2D eigenvalue weighted by Gasteiger charge is -2.02. The number of hydrogen-bond acceptors (Lipinski definition) is 2. The summed E-state index contributed by atoms with van der Waals surface area (Å²) in [5.41, 5.74) is 0.564. The van der Waals surface area contributed by atoms with Crippen molar-refractivity contribution in [2.45, 2.75) is 6.92 Å². The minimum Gasteiger partial charge on any atom is -0.204 e. The molecule has 1 aromatic rings. The van der Waals surface area contributed by atoms with E-state index in [1.807, 2.05) is 0 Å². The van der Waals surface area contributed by atoms with Crippen LogP contribution in [0, 0.1) is 16.5 Å². The molecule has 1 rings (SSSR count). The zero-order chi connectivity index (χ0) is 10.0. The molecule has 0 unspecified atom stereocenters. The van der Waals surface area contributed by atoms with E-state index in [0.29, 0.717) is 5.57 Å². The van der Waals surface area contributed by atoms with E-state index in [0.717, 1.165) is 12.1 Å². The van der Waals surface area contributed by atoms with Crippen molar-refractivity contribution in [2.24, 2.45) is 5.18 Å². The van der Waals surface area contributed by atoms with Crippen molar-refractivity contribution in [3.05, 3.63) is 40.8 Å². The fraction of sp³-hybridized carbons (Fsp3) is 0.111. The van der Waals surface area contributed by atoms with Gasteiger partial charge in [-0.2, -0.15) is 0 Å². The largest absolute Gasteiger partial charge is 0.204 e. The highest BCUT2D eigenvalue weighted by Gasteiger charge is 2.10. The molecule has 0 bridgehead atoms. The molecule has 0 aliphatic heterocycles. The van der Waals surface area contributed by atoms with Gasteiger partial charge >= 0.3 is 0 Å². The summed E-state index contributed by atoms with van der Waals surface area (Å²) in [6.07, 6.45) is 0. The van der Waals surface area contributed by atoms with E-state index in [4.69, 9.17) is 0 Å². The average molecular weight is 183 g/mol. The van der Waals surface area contributed by atoms with Gasteiger partial charge in [-0.1, -0.05) is 6.58 Å². The minimum atomic E-state index is -1.08. The van der Waals surface area contributed by atoms with E-state index >= 15 is 0 Å². The summed E-state index contributed by atoms with van der Waals surface area (Å²) in [4.78, 5) is 10.2. The molecule has 0 amide bonds. The summed E-state index contributed by atoms with van der Waals surface area (Å²) < 4.78 is 25.3. The number of halogens is 2. The molecule has 2 nitrogen and oxygen atoms in total. The molecule has 0 heterocycles. The van der Waals surface area contributed by atoms with E-state index in [2.05, 4.69) is 11.8 Å². The molecule has 4 heteroatoms. The van der Waals surface area contributed by atoms with Crippen LogP contribution in [0.3, 0.4) is 0 Å². The Morgan fingerprint density at radius 1 is 1.38 bits per heavy atom. The van der Waals surface area contributed by atoms with Crippen LogP contribution in [0.2, 0.25) is 0 Å². The summed E-state index contributed by atoms with van der Waals surface area (Å²) in [5.74, 6) is -2.09. The highest BCUT2D eigenvalue weighted by Crippen LogP contribution is 2.27. The number of hydrogen-bond donors (Lipinski definition) is 0. The predicted molar refractivity (Wildman–Crippen MR) is 46.5 cm³/mol. The maximum Gasteiger partial charge on any atom is 0.161 e. The summed E-state index contributed by atoms with van der Waals surface area (Å²) in [7, 11) is 0. The Kier molecular flexibility index (Phi) is 2.51. The molecule has 13 heavy (non-hydrogen) atoms. The maximum absolute atomic E-state index is 12.7. The first-order valence-corrected chi connectivity index (χ1v) is 3.54. The molecule has 0 aromatic heterocycles. The monoisotopic (exact) mass is 183 g/mol. The van der Waals surface area contributed by atoms with E-state index < -0.39 is 11.6 Å². The Labute approximate surface area is 73.9 Å². The van der Waals surface area contributed by atoms with Gasteiger partial charge in [0, 0.05) is 11.6 Å². The van der Waals surface area contributed by atoms with E-state index in [-0.39, 0.29) is 11.3 Å².